The predicted octanol–water partition coefficient (Wildman–Crippen LogP) is 2.38. The fraction of sp³-hybridized carbons (Fsp3) is 0.571. The number of benzene rings is 1. The van der Waals surface area contributed by atoms with Crippen molar-refractivity contribution in [1.29, 1.82) is 0 Å². The first-order chi connectivity index (χ1) is 8.35. The Bertz CT molecular complexity index is 331. The molecule has 1 fully saturated rings. The molecule has 1 aromatic carbocycles. The van der Waals surface area contributed by atoms with Crippen LogP contribution in [0.1, 0.15) is 24.9 Å². The molecule has 0 saturated carbocycles. The molecule has 17 heavy (non-hydrogen) atoms. The van der Waals surface area contributed by atoms with Gasteiger partial charge in [0.15, 0.2) is 0 Å². The number of methoxy groups -OCH3 is 1. The van der Waals surface area contributed by atoms with E-state index in [4.69, 9.17) is 9.47 Å². The third kappa shape index (κ3) is 2.99. The molecule has 0 aromatic heterocycles. The molecule has 0 aliphatic carbocycles. The monoisotopic (exact) mass is 235 g/mol. The highest BCUT2D eigenvalue weighted by molar-refractivity contribution is 5.29. The van der Waals surface area contributed by atoms with Crippen LogP contribution in [0.4, 0.5) is 0 Å². The molecule has 1 saturated heterocycles. The summed E-state index contributed by atoms with van der Waals surface area (Å²) < 4.78 is 10.7. The van der Waals surface area contributed by atoms with Gasteiger partial charge in [-0.1, -0.05) is 19.1 Å². The van der Waals surface area contributed by atoms with Crippen molar-refractivity contribution < 1.29 is 9.47 Å². The molecule has 2 rings (SSSR count). The summed E-state index contributed by atoms with van der Waals surface area (Å²) in [6, 6.07) is 8.73. The zero-order valence-electron chi connectivity index (χ0n) is 10.6. The lowest BCUT2D eigenvalue weighted by atomic mass is 9.92. The molecule has 0 amide bonds. The molecular weight excluding hydrogens is 214 g/mol. The topological polar surface area (TPSA) is 30.5 Å². The van der Waals surface area contributed by atoms with Gasteiger partial charge in [0.2, 0.25) is 0 Å². The number of ether oxygens (including phenoxy) is 2. The minimum absolute atomic E-state index is 0.397. The van der Waals surface area contributed by atoms with Crippen LogP contribution in [-0.2, 0) is 4.74 Å². The second-order valence-corrected chi connectivity index (χ2v) is 4.43. The second-order valence-electron chi connectivity index (χ2n) is 4.43. The van der Waals surface area contributed by atoms with E-state index < -0.39 is 0 Å². The van der Waals surface area contributed by atoms with Crippen LogP contribution >= 0.6 is 0 Å². The highest BCUT2D eigenvalue weighted by atomic mass is 16.5. The van der Waals surface area contributed by atoms with Gasteiger partial charge >= 0.3 is 0 Å². The molecule has 2 unspecified atom stereocenters. The molecule has 3 nitrogen and oxygen atoms in total. The minimum Gasteiger partial charge on any atom is -0.497 e. The largest absolute Gasteiger partial charge is 0.497 e. The Morgan fingerprint density at radius 2 is 2.18 bits per heavy atom. The molecule has 1 aliphatic rings. The molecule has 1 aliphatic heterocycles. The first-order valence-electron chi connectivity index (χ1n) is 6.30. The van der Waals surface area contributed by atoms with Gasteiger partial charge in [-0.05, 0) is 30.7 Å². The Kier molecular flexibility index (Phi) is 4.40. The van der Waals surface area contributed by atoms with Gasteiger partial charge in [0, 0.05) is 18.6 Å². The van der Waals surface area contributed by atoms with Gasteiger partial charge in [-0.2, -0.15) is 0 Å². The minimum atomic E-state index is 0.397. The summed E-state index contributed by atoms with van der Waals surface area (Å²) in [5.74, 6) is 1.50. The Hall–Kier alpha value is -1.06. The Morgan fingerprint density at radius 1 is 1.41 bits per heavy atom. The van der Waals surface area contributed by atoms with Gasteiger partial charge in [0.25, 0.3) is 0 Å². The van der Waals surface area contributed by atoms with E-state index in [0.717, 1.165) is 31.9 Å². The Labute approximate surface area is 103 Å². The van der Waals surface area contributed by atoms with Gasteiger partial charge < -0.3 is 14.8 Å². The van der Waals surface area contributed by atoms with Gasteiger partial charge in [0.1, 0.15) is 5.75 Å². The quantitative estimate of drug-likeness (QED) is 0.850. The summed E-state index contributed by atoms with van der Waals surface area (Å²) in [6.07, 6.45) is 1.14. The average molecular weight is 235 g/mol. The van der Waals surface area contributed by atoms with Crippen LogP contribution in [0.3, 0.4) is 0 Å². The van der Waals surface area contributed by atoms with E-state index in [-0.39, 0.29) is 0 Å². The number of hydrogen-bond acceptors (Lipinski definition) is 3. The van der Waals surface area contributed by atoms with E-state index in [2.05, 4.69) is 24.4 Å². The molecule has 2 atom stereocenters. The lowest BCUT2D eigenvalue weighted by Gasteiger charge is -2.23. The maximum Gasteiger partial charge on any atom is 0.118 e. The van der Waals surface area contributed by atoms with Crippen LogP contribution < -0.4 is 10.1 Å². The van der Waals surface area contributed by atoms with Crippen LogP contribution in [0.2, 0.25) is 0 Å². The molecule has 0 bridgehead atoms. The summed E-state index contributed by atoms with van der Waals surface area (Å²) >= 11 is 0. The second kappa shape index (κ2) is 6.03. The average Bonchev–Trinajstić information content (AvgIpc) is 2.90. The van der Waals surface area contributed by atoms with Gasteiger partial charge in [0.05, 0.1) is 13.7 Å². The van der Waals surface area contributed by atoms with Gasteiger partial charge in [-0.15, -0.1) is 0 Å². The molecule has 94 valence electrons. The van der Waals surface area contributed by atoms with Crippen molar-refractivity contribution in [1.82, 2.24) is 5.32 Å². The predicted molar refractivity (Wildman–Crippen MR) is 68.3 cm³/mol. The smallest absolute Gasteiger partial charge is 0.118 e. The number of nitrogens with one attached hydrogen (secondary N) is 1. The first kappa shape index (κ1) is 12.4. The molecule has 0 radical (unpaired) electrons. The van der Waals surface area contributed by atoms with Crippen molar-refractivity contribution in [2.75, 3.05) is 26.9 Å². The zero-order chi connectivity index (χ0) is 12.1. The molecular formula is C14H21NO2. The molecule has 1 heterocycles. The van der Waals surface area contributed by atoms with Crippen molar-refractivity contribution in [2.45, 2.75) is 19.4 Å². The van der Waals surface area contributed by atoms with Crippen molar-refractivity contribution >= 4 is 0 Å². The first-order valence-corrected chi connectivity index (χ1v) is 6.30. The summed E-state index contributed by atoms with van der Waals surface area (Å²) in [6.45, 7) is 4.88. The zero-order valence-corrected chi connectivity index (χ0v) is 10.6. The van der Waals surface area contributed by atoms with Crippen molar-refractivity contribution in [3.05, 3.63) is 29.8 Å². The highest BCUT2D eigenvalue weighted by Crippen LogP contribution is 2.29. The van der Waals surface area contributed by atoms with E-state index >= 15 is 0 Å². The molecule has 3 heteroatoms. The summed E-state index contributed by atoms with van der Waals surface area (Å²) in [5, 5.41) is 3.56. The Morgan fingerprint density at radius 3 is 2.71 bits per heavy atom. The SMILES string of the molecule is CCNC(c1ccc(OC)cc1)C1CCOC1. The summed E-state index contributed by atoms with van der Waals surface area (Å²) in [4.78, 5) is 0. The van der Waals surface area contributed by atoms with E-state index in [9.17, 15) is 0 Å². The molecule has 0 spiro atoms. The van der Waals surface area contributed by atoms with Crippen LogP contribution in [0.5, 0.6) is 5.75 Å². The third-order valence-corrected chi connectivity index (χ3v) is 3.34. The van der Waals surface area contributed by atoms with Gasteiger partial charge in [-0.25, -0.2) is 0 Å². The fourth-order valence-electron chi connectivity index (χ4n) is 2.40. The lowest BCUT2D eigenvalue weighted by molar-refractivity contribution is 0.177. The maximum absolute atomic E-state index is 5.49. The lowest BCUT2D eigenvalue weighted by Crippen LogP contribution is -2.28. The van der Waals surface area contributed by atoms with Crippen molar-refractivity contribution in [3.8, 4) is 5.75 Å². The van der Waals surface area contributed by atoms with E-state index in [1.54, 1.807) is 7.11 Å². The summed E-state index contributed by atoms with van der Waals surface area (Å²) in [7, 11) is 1.70. The number of rotatable bonds is 5. The maximum atomic E-state index is 5.49. The Balaban J connectivity index is 2.12. The third-order valence-electron chi connectivity index (χ3n) is 3.34. The normalized spacial score (nSPS) is 21.4. The van der Waals surface area contributed by atoms with Crippen LogP contribution in [0.15, 0.2) is 24.3 Å². The number of hydrogen-bond donors (Lipinski definition) is 1. The molecule has 1 aromatic rings. The van der Waals surface area contributed by atoms with E-state index in [0.29, 0.717) is 12.0 Å². The fourth-order valence-corrected chi connectivity index (χ4v) is 2.40. The highest BCUT2D eigenvalue weighted by Gasteiger charge is 2.26. The molecule has 1 N–H and O–H groups in total. The van der Waals surface area contributed by atoms with Crippen molar-refractivity contribution in [3.63, 3.8) is 0 Å². The summed E-state index contributed by atoms with van der Waals surface area (Å²) in [5.41, 5.74) is 1.32. The van der Waals surface area contributed by atoms with E-state index in [1.807, 2.05) is 12.1 Å². The van der Waals surface area contributed by atoms with Crippen LogP contribution in [-0.4, -0.2) is 26.9 Å². The standard InChI is InChI=1S/C14H21NO2/c1-3-15-14(12-8-9-17-10-12)11-4-6-13(16-2)7-5-11/h4-7,12,14-15H,3,8-10H2,1-2H3. The van der Waals surface area contributed by atoms with Gasteiger partial charge in [-0.3, -0.25) is 0 Å². The van der Waals surface area contributed by atoms with Crippen LogP contribution in [0, 0.1) is 5.92 Å². The van der Waals surface area contributed by atoms with Crippen LogP contribution in [0.25, 0.3) is 0 Å². The van der Waals surface area contributed by atoms with Crippen molar-refractivity contribution in [2.24, 2.45) is 5.92 Å². The van der Waals surface area contributed by atoms with E-state index in [1.165, 1.54) is 5.56 Å².